The second-order valence-electron chi connectivity index (χ2n) is 2.57. The van der Waals surface area contributed by atoms with Crippen LogP contribution in [0, 0.1) is 0 Å². The van der Waals surface area contributed by atoms with E-state index in [2.05, 4.69) is 0 Å². The number of carboxylic acid groups (broad SMARTS) is 1. The van der Waals surface area contributed by atoms with Crippen molar-refractivity contribution < 1.29 is 19.7 Å². The Morgan fingerprint density at radius 2 is 2.08 bits per heavy atom. The first-order valence-corrected chi connectivity index (χ1v) is 4.35. The maximum Gasteiger partial charge on any atom is 0.327 e. The molecule has 0 heterocycles. The zero-order valence-electron chi connectivity index (χ0n) is 7.61. The lowest BCUT2D eigenvalue weighted by atomic mass is 10.2. The van der Waals surface area contributed by atoms with Crippen LogP contribution in [0.5, 0.6) is 0 Å². The van der Waals surface area contributed by atoms with Gasteiger partial charge in [0.15, 0.2) is 0 Å². The van der Waals surface area contributed by atoms with E-state index >= 15 is 0 Å². The monoisotopic (exact) mass is 188 g/mol. The Labute approximate surface area is 77.8 Å². The summed E-state index contributed by atoms with van der Waals surface area (Å²) < 4.78 is 5.02. The molecule has 4 heteroatoms. The molecular weight excluding hydrogens is 172 g/mol. The van der Waals surface area contributed by atoms with Crippen LogP contribution in [0.1, 0.15) is 19.3 Å². The van der Waals surface area contributed by atoms with Crippen LogP contribution in [0.3, 0.4) is 0 Å². The van der Waals surface area contributed by atoms with Gasteiger partial charge in [-0.2, -0.15) is 0 Å². The molecule has 0 aromatic carbocycles. The molecule has 4 nitrogen and oxygen atoms in total. The average Bonchev–Trinajstić information content (AvgIpc) is 2.09. The summed E-state index contributed by atoms with van der Waals surface area (Å²) in [5.74, 6) is -0.906. The Hall–Kier alpha value is -0.870. The Morgan fingerprint density at radius 3 is 2.69 bits per heavy atom. The first-order chi connectivity index (χ1) is 6.27. The highest BCUT2D eigenvalue weighted by molar-refractivity contribution is 5.79. The topological polar surface area (TPSA) is 66.8 Å². The van der Waals surface area contributed by atoms with Gasteiger partial charge < -0.3 is 14.9 Å². The quantitative estimate of drug-likeness (QED) is 0.437. The van der Waals surface area contributed by atoms with E-state index < -0.39 is 5.97 Å². The third-order valence-corrected chi connectivity index (χ3v) is 1.41. The molecule has 2 N–H and O–H groups in total. The molecular formula is C9H16O4. The summed E-state index contributed by atoms with van der Waals surface area (Å²) in [7, 11) is 0. The minimum absolute atomic E-state index is 0.0545. The van der Waals surface area contributed by atoms with E-state index in [1.54, 1.807) is 6.08 Å². The van der Waals surface area contributed by atoms with Gasteiger partial charge in [-0.1, -0.05) is 6.08 Å². The van der Waals surface area contributed by atoms with Crippen LogP contribution in [0.25, 0.3) is 0 Å². The maximum absolute atomic E-state index is 10.0. The van der Waals surface area contributed by atoms with E-state index in [1.807, 2.05) is 0 Å². The van der Waals surface area contributed by atoms with Crippen molar-refractivity contribution in [2.24, 2.45) is 0 Å². The zero-order chi connectivity index (χ0) is 9.94. The van der Waals surface area contributed by atoms with Crippen LogP contribution in [0.2, 0.25) is 0 Å². The van der Waals surface area contributed by atoms with Crippen molar-refractivity contribution in [3.05, 3.63) is 12.2 Å². The molecule has 0 radical (unpaired) electrons. The van der Waals surface area contributed by atoms with E-state index in [1.165, 1.54) is 0 Å². The number of carbonyl (C=O) groups is 1. The lowest BCUT2D eigenvalue weighted by molar-refractivity contribution is -0.131. The number of unbranched alkanes of at least 4 members (excludes halogenated alkanes) is 2. The minimum atomic E-state index is -0.906. The molecule has 0 aliphatic rings. The number of hydrogen-bond donors (Lipinski definition) is 2. The number of allylic oxidation sites excluding steroid dienone is 1. The molecule has 0 amide bonds. The van der Waals surface area contributed by atoms with Gasteiger partial charge in [0.25, 0.3) is 0 Å². The maximum atomic E-state index is 10.0. The summed E-state index contributed by atoms with van der Waals surface area (Å²) in [6.07, 6.45) is 5.34. The number of aliphatic hydroxyl groups excluding tert-OH is 1. The fraction of sp³-hybridized carbons (Fsp3) is 0.667. The SMILES string of the molecule is O=C(O)C=CCCCCOCCO. The fourth-order valence-corrected chi connectivity index (χ4v) is 0.817. The molecule has 0 saturated heterocycles. The summed E-state index contributed by atoms with van der Waals surface area (Å²) >= 11 is 0. The van der Waals surface area contributed by atoms with Gasteiger partial charge >= 0.3 is 5.97 Å². The number of aliphatic hydroxyl groups is 1. The first kappa shape index (κ1) is 12.1. The van der Waals surface area contributed by atoms with Crippen molar-refractivity contribution in [2.75, 3.05) is 19.8 Å². The lowest BCUT2D eigenvalue weighted by Gasteiger charge is -1.99. The zero-order valence-corrected chi connectivity index (χ0v) is 7.61. The van der Waals surface area contributed by atoms with Gasteiger partial charge in [-0.25, -0.2) is 4.79 Å². The molecule has 0 saturated carbocycles. The smallest absolute Gasteiger partial charge is 0.327 e. The molecule has 0 aromatic heterocycles. The highest BCUT2D eigenvalue weighted by Gasteiger charge is 1.88. The van der Waals surface area contributed by atoms with Crippen LogP contribution in [0.15, 0.2) is 12.2 Å². The minimum Gasteiger partial charge on any atom is -0.478 e. The summed E-state index contributed by atoms with van der Waals surface area (Å²) in [6, 6.07) is 0. The van der Waals surface area contributed by atoms with E-state index in [0.29, 0.717) is 13.2 Å². The van der Waals surface area contributed by atoms with Crippen LogP contribution >= 0.6 is 0 Å². The molecule has 13 heavy (non-hydrogen) atoms. The third-order valence-electron chi connectivity index (χ3n) is 1.41. The Bertz CT molecular complexity index is 154. The highest BCUT2D eigenvalue weighted by Crippen LogP contribution is 1.96. The van der Waals surface area contributed by atoms with E-state index in [-0.39, 0.29) is 6.61 Å². The first-order valence-electron chi connectivity index (χ1n) is 4.35. The van der Waals surface area contributed by atoms with Crippen LogP contribution in [-0.4, -0.2) is 36.0 Å². The molecule has 0 aliphatic heterocycles. The summed E-state index contributed by atoms with van der Waals surface area (Å²) in [6.45, 7) is 1.06. The molecule has 0 aromatic rings. The Balaban J connectivity index is 3.03. The predicted octanol–water partition coefficient (Wildman–Crippen LogP) is 0.806. The van der Waals surface area contributed by atoms with E-state index in [9.17, 15) is 4.79 Å². The molecule has 0 atom stereocenters. The molecule has 0 rings (SSSR count). The Kier molecular flexibility index (Phi) is 8.60. The van der Waals surface area contributed by atoms with Crippen molar-refractivity contribution in [3.63, 3.8) is 0 Å². The van der Waals surface area contributed by atoms with Crippen molar-refractivity contribution in [1.29, 1.82) is 0 Å². The van der Waals surface area contributed by atoms with Crippen LogP contribution in [0.4, 0.5) is 0 Å². The second-order valence-corrected chi connectivity index (χ2v) is 2.57. The summed E-state index contributed by atoms with van der Waals surface area (Å²) in [4.78, 5) is 10.0. The molecule has 0 bridgehead atoms. The number of hydrogen-bond acceptors (Lipinski definition) is 3. The Morgan fingerprint density at radius 1 is 1.31 bits per heavy atom. The van der Waals surface area contributed by atoms with Crippen molar-refractivity contribution >= 4 is 5.97 Å². The fourth-order valence-electron chi connectivity index (χ4n) is 0.817. The van der Waals surface area contributed by atoms with E-state index in [4.69, 9.17) is 14.9 Å². The number of aliphatic carboxylic acids is 1. The molecule has 0 fully saturated rings. The van der Waals surface area contributed by atoms with Gasteiger partial charge in [0.2, 0.25) is 0 Å². The molecule has 76 valence electrons. The third kappa shape index (κ3) is 11.1. The van der Waals surface area contributed by atoms with Gasteiger partial charge in [-0.15, -0.1) is 0 Å². The van der Waals surface area contributed by atoms with Crippen LogP contribution in [-0.2, 0) is 9.53 Å². The largest absolute Gasteiger partial charge is 0.478 e. The van der Waals surface area contributed by atoms with Gasteiger partial charge in [-0.3, -0.25) is 0 Å². The normalized spacial score (nSPS) is 10.8. The standard InChI is InChI=1S/C9H16O4/c10-6-8-13-7-4-2-1-3-5-9(11)12/h3,5,10H,1-2,4,6-8H2,(H,11,12). The number of carboxylic acids is 1. The van der Waals surface area contributed by atoms with Crippen molar-refractivity contribution in [2.45, 2.75) is 19.3 Å². The summed E-state index contributed by atoms with van der Waals surface area (Å²) in [5, 5.41) is 16.6. The number of rotatable bonds is 8. The molecule has 0 spiro atoms. The van der Waals surface area contributed by atoms with Gasteiger partial charge in [0.1, 0.15) is 0 Å². The van der Waals surface area contributed by atoms with Gasteiger partial charge in [0.05, 0.1) is 13.2 Å². The molecule has 0 aliphatic carbocycles. The van der Waals surface area contributed by atoms with Gasteiger partial charge in [-0.05, 0) is 19.3 Å². The predicted molar refractivity (Wildman–Crippen MR) is 48.5 cm³/mol. The van der Waals surface area contributed by atoms with Crippen molar-refractivity contribution in [3.8, 4) is 0 Å². The van der Waals surface area contributed by atoms with Crippen molar-refractivity contribution in [1.82, 2.24) is 0 Å². The van der Waals surface area contributed by atoms with E-state index in [0.717, 1.165) is 25.3 Å². The van der Waals surface area contributed by atoms with Crippen LogP contribution < -0.4 is 0 Å². The second kappa shape index (κ2) is 9.22. The average molecular weight is 188 g/mol. The van der Waals surface area contributed by atoms with Gasteiger partial charge in [0, 0.05) is 12.7 Å². The number of ether oxygens (including phenoxy) is 1. The highest BCUT2D eigenvalue weighted by atomic mass is 16.5. The lowest BCUT2D eigenvalue weighted by Crippen LogP contribution is -2.00. The molecule has 0 unspecified atom stereocenters. The summed E-state index contributed by atoms with van der Waals surface area (Å²) in [5.41, 5.74) is 0.